The van der Waals surface area contributed by atoms with Crippen molar-refractivity contribution in [3.8, 4) is 0 Å². The van der Waals surface area contributed by atoms with E-state index in [0.29, 0.717) is 13.0 Å². The fraction of sp³-hybridized carbons (Fsp3) is 0.714. The third-order valence-electron chi connectivity index (χ3n) is 1.81. The molecule has 0 spiro atoms. The first-order valence-electron chi connectivity index (χ1n) is 4.33. The first-order chi connectivity index (χ1) is 6.53. The van der Waals surface area contributed by atoms with Gasteiger partial charge in [0.25, 0.3) is 0 Å². The summed E-state index contributed by atoms with van der Waals surface area (Å²) in [5.41, 5.74) is 0. The molecule has 1 aromatic heterocycles. The average Bonchev–Trinajstić information content (AvgIpc) is 2.49. The van der Waals surface area contributed by atoms with E-state index in [2.05, 4.69) is 10.2 Å². The van der Waals surface area contributed by atoms with Crippen LogP contribution in [0.1, 0.15) is 19.2 Å². The molecule has 1 aromatic rings. The first kappa shape index (κ1) is 15.0. The summed E-state index contributed by atoms with van der Waals surface area (Å²) in [6.45, 7) is 2.41. The van der Waals surface area contributed by atoms with Crippen molar-refractivity contribution in [2.45, 2.75) is 26.3 Å². The van der Waals surface area contributed by atoms with Gasteiger partial charge in [0.2, 0.25) is 0 Å². The topological polar surface area (TPSA) is 87.9 Å². The molecular formula is C7H12N3NaO3S. The van der Waals surface area contributed by atoms with Crippen molar-refractivity contribution >= 4 is 10.1 Å². The molecule has 6 nitrogen and oxygen atoms in total. The van der Waals surface area contributed by atoms with Crippen molar-refractivity contribution in [2.75, 3.05) is 5.75 Å². The van der Waals surface area contributed by atoms with E-state index in [-0.39, 0.29) is 35.3 Å². The van der Waals surface area contributed by atoms with Crippen molar-refractivity contribution in [1.82, 2.24) is 14.8 Å². The maximum absolute atomic E-state index is 10.3. The van der Waals surface area contributed by atoms with Crippen LogP contribution in [0.25, 0.3) is 0 Å². The summed E-state index contributed by atoms with van der Waals surface area (Å²) < 4.78 is 32.7. The van der Waals surface area contributed by atoms with Crippen LogP contribution in [-0.2, 0) is 23.1 Å². The predicted octanol–water partition coefficient (Wildman–Crippen LogP) is -3.22. The van der Waals surface area contributed by atoms with Crippen LogP contribution in [0.5, 0.6) is 0 Å². The Bertz CT molecular complexity index is 390. The van der Waals surface area contributed by atoms with Gasteiger partial charge in [-0.2, -0.15) is 0 Å². The van der Waals surface area contributed by atoms with Gasteiger partial charge in [0.05, 0.1) is 10.1 Å². The zero-order valence-corrected chi connectivity index (χ0v) is 11.7. The van der Waals surface area contributed by atoms with Crippen LogP contribution in [-0.4, -0.2) is 33.5 Å². The zero-order chi connectivity index (χ0) is 10.6. The molecule has 0 fully saturated rings. The molecule has 1 rings (SSSR count). The minimum absolute atomic E-state index is 0. The molecule has 0 bridgehead atoms. The van der Waals surface area contributed by atoms with Gasteiger partial charge >= 0.3 is 29.6 Å². The summed E-state index contributed by atoms with van der Waals surface area (Å²) in [5, 5.41) is 7.53. The molecule has 15 heavy (non-hydrogen) atoms. The van der Waals surface area contributed by atoms with Crippen LogP contribution >= 0.6 is 0 Å². The minimum Gasteiger partial charge on any atom is -0.748 e. The Morgan fingerprint density at radius 1 is 1.53 bits per heavy atom. The summed E-state index contributed by atoms with van der Waals surface area (Å²) in [6.07, 6.45) is 2.58. The van der Waals surface area contributed by atoms with E-state index < -0.39 is 10.1 Å². The molecule has 0 saturated heterocycles. The maximum Gasteiger partial charge on any atom is 1.00 e. The third-order valence-corrected chi connectivity index (χ3v) is 2.59. The smallest absolute Gasteiger partial charge is 0.748 e. The van der Waals surface area contributed by atoms with Crippen LogP contribution in [0.4, 0.5) is 0 Å². The van der Waals surface area contributed by atoms with Crippen LogP contribution in [0.2, 0.25) is 0 Å². The van der Waals surface area contributed by atoms with E-state index in [9.17, 15) is 13.0 Å². The van der Waals surface area contributed by atoms with Crippen molar-refractivity contribution in [1.29, 1.82) is 0 Å². The average molecular weight is 241 g/mol. The number of aromatic nitrogens is 3. The second-order valence-electron chi connectivity index (χ2n) is 2.91. The number of rotatable bonds is 5. The molecule has 0 aliphatic rings. The molecule has 0 aliphatic heterocycles. The van der Waals surface area contributed by atoms with Crippen molar-refractivity contribution in [3.63, 3.8) is 0 Å². The molecule has 0 unspecified atom stereocenters. The molecule has 0 atom stereocenters. The largest absolute Gasteiger partial charge is 1.00 e. The van der Waals surface area contributed by atoms with E-state index in [0.717, 1.165) is 12.2 Å². The van der Waals surface area contributed by atoms with Gasteiger partial charge in [-0.1, -0.05) is 6.92 Å². The van der Waals surface area contributed by atoms with Gasteiger partial charge in [0.1, 0.15) is 12.2 Å². The molecule has 0 amide bonds. The number of aryl methyl sites for hydroxylation is 2. The summed E-state index contributed by atoms with van der Waals surface area (Å²) in [5.74, 6) is 0.460. The third kappa shape index (κ3) is 5.62. The Balaban J connectivity index is 0.00000196. The standard InChI is InChI=1S/C7H13N3O3S.Na/c1-2-7-9-8-6-10(7)4-3-5-14(11,12)13;/h6H,2-5H2,1H3,(H,11,12,13);/q;+1/p-1. The molecule has 0 N–H and O–H groups in total. The second-order valence-corrected chi connectivity index (χ2v) is 4.43. The van der Waals surface area contributed by atoms with E-state index in [4.69, 9.17) is 0 Å². The molecule has 0 aromatic carbocycles. The van der Waals surface area contributed by atoms with Gasteiger partial charge in [-0.15, -0.1) is 10.2 Å². The van der Waals surface area contributed by atoms with Crippen molar-refractivity contribution in [2.24, 2.45) is 0 Å². The van der Waals surface area contributed by atoms with Crippen LogP contribution in [0, 0.1) is 0 Å². The van der Waals surface area contributed by atoms with Crippen molar-refractivity contribution in [3.05, 3.63) is 12.2 Å². The van der Waals surface area contributed by atoms with Crippen LogP contribution < -0.4 is 29.6 Å². The number of hydrogen-bond donors (Lipinski definition) is 0. The SMILES string of the molecule is CCc1nncn1CCCS(=O)(=O)[O-].[Na+]. The molecule has 0 saturated carbocycles. The minimum atomic E-state index is -4.10. The van der Waals surface area contributed by atoms with Gasteiger partial charge in [-0.3, -0.25) is 0 Å². The van der Waals surface area contributed by atoms with E-state index in [1.54, 1.807) is 4.57 Å². The van der Waals surface area contributed by atoms with E-state index >= 15 is 0 Å². The Labute approximate surface area is 111 Å². The van der Waals surface area contributed by atoms with E-state index in [1.165, 1.54) is 6.33 Å². The van der Waals surface area contributed by atoms with Gasteiger partial charge in [-0.05, 0) is 6.42 Å². The zero-order valence-electron chi connectivity index (χ0n) is 8.88. The van der Waals surface area contributed by atoms with Gasteiger partial charge < -0.3 is 9.12 Å². The van der Waals surface area contributed by atoms with Gasteiger partial charge in [0, 0.05) is 18.7 Å². The van der Waals surface area contributed by atoms with Crippen molar-refractivity contribution < 1.29 is 42.5 Å². The quantitative estimate of drug-likeness (QED) is 0.400. The maximum atomic E-state index is 10.3. The Morgan fingerprint density at radius 3 is 2.73 bits per heavy atom. The van der Waals surface area contributed by atoms with E-state index in [1.807, 2.05) is 6.92 Å². The Kier molecular flexibility index (Phi) is 6.62. The first-order valence-corrected chi connectivity index (χ1v) is 5.91. The molecule has 1 heterocycles. The molecule has 0 aliphatic carbocycles. The van der Waals surface area contributed by atoms with Crippen LogP contribution in [0.3, 0.4) is 0 Å². The molecule has 80 valence electrons. The fourth-order valence-corrected chi connectivity index (χ4v) is 1.63. The summed E-state index contributed by atoms with van der Waals surface area (Å²) in [4.78, 5) is 0. The number of nitrogens with zero attached hydrogens (tertiary/aromatic N) is 3. The summed E-state index contributed by atoms with van der Waals surface area (Å²) >= 11 is 0. The molecule has 0 radical (unpaired) electrons. The normalized spacial score (nSPS) is 11.1. The molecule has 8 heteroatoms. The van der Waals surface area contributed by atoms with Crippen LogP contribution in [0.15, 0.2) is 6.33 Å². The van der Waals surface area contributed by atoms with Gasteiger partial charge in [0.15, 0.2) is 0 Å². The predicted molar refractivity (Wildman–Crippen MR) is 48.6 cm³/mol. The Hall–Kier alpha value is 0.0500. The Morgan fingerprint density at radius 2 is 2.20 bits per heavy atom. The number of hydrogen-bond acceptors (Lipinski definition) is 5. The monoisotopic (exact) mass is 241 g/mol. The summed E-state index contributed by atoms with van der Waals surface area (Å²) in [6, 6.07) is 0. The fourth-order valence-electron chi connectivity index (χ4n) is 1.15. The molecular weight excluding hydrogens is 229 g/mol. The second kappa shape index (κ2) is 6.59. The summed E-state index contributed by atoms with van der Waals surface area (Å²) in [7, 11) is -4.10. The van der Waals surface area contributed by atoms with Gasteiger partial charge in [-0.25, -0.2) is 8.42 Å².